The molecule has 1 aromatic carbocycles. The molecule has 1 aliphatic rings. The lowest BCUT2D eigenvalue weighted by molar-refractivity contribution is -0.130. The number of aromatic nitrogens is 1. The molecule has 4 nitrogen and oxygen atoms in total. The molecular formula is C28H45N3O. The number of benzene rings is 1. The summed E-state index contributed by atoms with van der Waals surface area (Å²) >= 11 is 0. The van der Waals surface area contributed by atoms with E-state index in [1.807, 2.05) is 18.0 Å². The first kappa shape index (κ1) is 27.8. The van der Waals surface area contributed by atoms with Crippen molar-refractivity contribution >= 4 is 5.91 Å². The SMILES string of the molecule is CC(=O)N1CCN(C(C)C)CC1.Cc1ccc(C(C)C)cc1.Cc1ccc(C(C)C)cn1. The van der Waals surface area contributed by atoms with Gasteiger partial charge in [0.2, 0.25) is 5.91 Å². The van der Waals surface area contributed by atoms with Crippen molar-refractivity contribution in [2.75, 3.05) is 26.2 Å². The van der Waals surface area contributed by atoms with E-state index < -0.39 is 0 Å². The maximum atomic E-state index is 11.0. The fourth-order valence-corrected chi connectivity index (χ4v) is 3.33. The van der Waals surface area contributed by atoms with Gasteiger partial charge in [0.1, 0.15) is 0 Å². The second-order valence-electron chi connectivity index (χ2n) is 9.59. The molecule has 2 heterocycles. The van der Waals surface area contributed by atoms with Crippen LogP contribution < -0.4 is 0 Å². The van der Waals surface area contributed by atoms with E-state index in [1.165, 1.54) is 16.7 Å². The minimum absolute atomic E-state index is 0.207. The first-order valence-corrected chi connectivity index (χ1v) is 12.0. The van der Waals surface area contributed by atoms with Crippen LogP contribution in [0.3, 0.4) is 0 Å². The minimum Gasteiger partial charge on any atom is -0.340 e. The summed E-state index contributed by atoms with van der Waals surface area (Å²) in [5, 5.41) is 0. The second kappa shape index (κ2) is 14.1. The predicted octanol–water partition coefficient (Wildman–Crippen LogP) is 6.19. The van der Waals surface area contributed by atoms with E-state index in [-0.39, 0.29) is 5.91 Å². The lowest BCUT2D eigenvalue weighted by Gasteiger charge is -2.36. The summed E-state index contributed by atoms with van der Waals surface area (Å²) in [5.74, 6) is 1.45. The Bertz CT molecular complexity index is 722. The number of nitrogens with zero attached hydrogens (tertiary/aromatic N) is 3. The van der Waals surface area contributed by atoms with Gasteiger partial charge in [-0.1, -0.05) is 63.6 Å². The van der Waals surface area contributed by atoms with Crippen molar-refractivity contribution in [1.82, 2.24) is 14.8 Å². The fourth-order valence-electron chi connectivity index (χ4n) is 3.33. The largest absolute Gasteiger partial charge is 0.340 e. The highest BCUT2D eigenvalue weighted by Crippen LogP contribution is 2.14. The van der Waals surface area contributed by atoms with Crippen molar-refractivity contribution in [2.24, 2.45) is 0 Å². The van der Waals surface area contributed by atoms with E-state index in [1.54, 1.807) is 6.92 Å². The van der Waals surface area contributed by atoms with Crippen molar-refractivity contribution < 1.29 is 4.79 Å². The van der Waals surface area contributed by atoms with Gasteiger partial charge in [0.15, 0.2) is 0 Å². The molecule has 1 saturated heterocycles. The molecule has 0 N–H and O–H groups in total. The van der Waals surface area contributed by atoms with Crippen LogP contribution in [0.25, 0.3) is 0 Å². The van der Waals surface area contributed by atoms with E-state index >= 15 is 0 Å². The molecule has 3 rings (SSSR count). The van der Waals surface area contributed by atoms with E-state index in [2.05, 4.69) is 94.7 Å². The smallest absolute Gasteiger partial charge is 0.219 e. The summed E-state index contributed by atoms with van der Waals surface area (Å²) in [6, 6.07) is 13.5. The van der Waals surface area contributed by atoms with Crippen molar-refractivity contribution in [3.8, 4) is 0 Å². The minimum atomic E-state index is 0.207. The van der Waals surface area contributed by atoms with Crippen molar-refractivity contribution in [1.29, 1.82) is 0 Å². The normalized spacial score (nSPS) is 14.1. The molecule has 0 spiro atoms. The molecule has 0 radical (unpaired) electrons. The molecule has 1 aliphatic heterocycles. The summed E-state index contributed by atoms with van der Waals surface area (Å²) < 4.78 is 0. The maximum Gasteiger partial charge on any atom is 0.219 e. The van der Waals surface area contributed by atoms with Crippen LogP contribution in [-0.4, -0.2) is 52.9 Å². The standard InChI is InChI=1S/C10H14.C9H18N2O.C9H13N/c1-8(2)10-6-4-9(3)5-7-10;1-8(2)10-4-6-11(7-5-10)9(3)12;1-7(2)9-5-4-8(3)10-6-9/h4-8H,1-3H3;8H,4-7H2,1-3H3;4-7H,1-3H3. The van der Waals surface area contributed by atoms with Crippen LogP contribution in [0.4, 0.5) is 0 Å². The third-order valence-corrected chi connectivity index (χ3v) is 5.83. The zero-order chi connectivity index (χ0) is 24.3. The van der Waals surface area contributed by atoms with Gasteiger partial charge in [-0.2, -0.15) is 0 Å². The van der Waals surface area contributed by atoms with Gasteiger partial charge in [-0.15, -0.1) is 0 Å². The molecule has 32 heavy (non-hydrogen) atoms. The lowest BCUT2D eigenvalue weighted by Crippen LogP contribution is -2.50. The Labute approximate surface area is 197 Å². The van der Waals surface area contributed by atoms with Crippen LogP contribution >= 0.6 is 0 Å². The molecule has 0 saturated carbocycles. The summed E-state index contributed by atoms with van der Waals surface area (Å²) in [6.07, 6.45) is 1.94. The molecule has 178 valence electrons. The molecule has 4 heteroatoms. The number of rotatable bonds is 3. The van der Waals surface area contributed by atoms with Gasteiger partial charge in [-0.05, 0) is 56.7 Å². The Balaban J connectivity index is 0.000000241. The highest BCUT2D eigenvalue weighted by atomic mass is 16.2. The van der Waals surface area contributed by atoms with Gasteiger partial charge in [-0.3, -0.25) is 14.7 Å². The third-order valence-electron chi connectivity index (χ3n) is 5.83. The van der Waals surface area contributed by atoms with Gasteiger partial charge >= 0.3 is 0 Å². The average molecular weight is 440 g/mol. The van der Waals surface area contributed by atoms with Crippen LogP contribution in [0.15, 0.2) is 42.6 Å². The summed E-state index contributed by atoms with van der Waals surface area (Å²) in [6.45, 7) is 22.8. The molecule has 1 aromatic heterocycles. The van der Waals surface area contributed by atoms with Crippen molar-refractivity contribution in [2.45, 2.75) is 80.2 Å². The fraction of sp³-hybridized carbons (Fsp3) is 0.571. The number of carbonyl (C=O) groups excluding carboxylic acids is 1. The van der Waals surface area contributed by atoms with Crippen molar-refractivity contribution in [3.05, 3.63) is 65.0 Å². The maximum absolute atomic E-state index is 11.0. The summed E-state index contributed by atoms with van der Waals surface area (Å²) in [7, 11) is 0. The Morgan fingerprint density at radius 3 is 1.66 bits per heavy atom. The van der Waals surface area contributed by atoms with Gasteiger partial charge in [-0.25, -0.2) is 0 Å². The van der Waals surface area contributed by atoms with Crippen LogP contribution in [0, 0.1) is 13.8 Å². The van der Waals surface area contributed by atoms with E-state index in [4.69, 9.17) is 0 Å². The van der Waals surface area contributed by atoms with Gasteiger partial charge < -0.3 is 4.90 Å². The first-order valence-electron chi connectivity index (χ1n) is 12.0. The third kappa shape index (κ3) is 10.4. The lowest BCUT2D eigenvalue weighted by atomic mass is 10.0. The number of amides is 1. The highest BCUT2D eigenvalue weighted by molar-refractivity contribution is 5.73. The van der Waals surface area contributed by atoms with E-state index in [0.717, 1.165) is 31.9 Å². The molecule has 0 atom stereocenters. The van der Waals surface area contributed by atoms with Crippen LogP contribution in [0.2, 0.25) is 0 Å². The van der Waals surface area contributed by atoms with Gasteiger partial charge in [0, 0.05) is 51.0 Å². The molecule has 0 bridgehead atoms. The number of carbonyl (C=O) groups is 1. The topological polar surface area (TPSA) is 36.4 Å². The molecule has 2 aromatic rings. The first-order chi connectivity index (χ1) is 15.0. The van der Waals surface area contributed by atoms with Gasteiger partial charge in [0.25, 0.3) is 0 Å². The Morgan fingerprint density at radius 2 is 1.28 bits per heavy atom. The molecule has 0 unspecified atom stereocenters. The number of pyridine rings is 1. The van der Waals surface area contributed by atoms with Crippen LogP contribution in [0.5, 0.6) is 0 Å². The zero-order valence-corrected chi connectivity index (χ0v) is 21.9. The number of piperazine rings is 1. The molecule has 0 aliphatic carbocycles. The number of hydrogen-bond acceptors (Lipinski definition) is 3. The van der Waals surface area contributed by atoms with Crippen LogP contribution in [-0.2, 0) is 4.79 Å². The monoisotopic (exact) mass is 439 g/mol. The highest BCUT2D eigenvalue weighted by Gasteiger charge is 2.19. The predicted molar refractivity (Wildman–Crippen MR) is 137 cm³/mol. The molecular weight excluding hydrogens is 394 g/mol. The summed E-state index contributed by atoms with van der Waals surface area (Å²) in [4.78, 5) is 19.5. The van der Waals surface area contributed by atoms with Crippen LogP contribution in [0.1, 0.15) is 82.7 Å². The average Bonchev–Trinajstić information content (AvgIpc) is 2.75. The van der Waals surface area contributed by atoms with E-state index in [0.29, 0.717) is 17.9 Å². The number of aryl methyl sites for hydroxylation is 2. The molecule has 1 fully saturated rings. The second-order valence-corrected chi connectivity index (χ2v) is 9.59. The summed E-state index contributed by atoms with van der Waals surface area (Å²) in [5.41, 5.74) is 5.16. The molecule has 1 amide bonds. The van der Waals surface area contributed by atoms with Crippen molar-refractivity contribution in [3.63, 3.8) is 0 Å². The quantitative estimate of drug-likeness (QED) is 0.572. The zero-order valence-electron chi connectivity index (χ0n) is 21.9. The van der Waals surface area contributed by atoms with E-state index in [9.17, 15) is 4.79 Å². The Hall–Kier alpha value is -2.20. The Morgan fingerprint density at radius 1 is 0.781 bits per heavy atom. The Kier molecular flexibility index (Phi) is 12.2. The number of hydrogen-bond donors (Lipinski definition) is 0. The van der Waals surface area contributed by atoms with Gasteiger partial charge in [0.05, 0.1) is 0 Å².